The van der Waals surface area contributed by atoms with Crippen LogP contribution < -0.4 is 10.5 Å². The van der Waals surface area contributed by atoms with E-state index in [0.29, 0.717) is 11.4 Å². The van der Waals surface area contributed by atoms with E-state index in [-0.39, 0.29) is 5.92 Å². The van der Waals surface area contributed by atoms with E-state index >= 15 is 0 Å². The largest absolute Gasteiger partial charge is 0.465 e. The zero-order chi connectivity index (χ0) is 18.8. The van der Waals surface area contributed by atoms with Gasteiger partial charge in [-0.1, -0.05) is 18.2 Å². The smallest absolute Gasteiger partial charge is 0.127 e. The van der Waals surface area contributed by atoms with Gasteiger partial charge in [0.15, 0.2) is 0 Å². The summed E-state index contributed by atoms with van der Waals surface area (Å²) in [6.45, 7) is 3.85. The lowest BCUT2D eigenvalue weighted by molar-refractivity contribution is 0.427. The highest BCUT2D eigenvalue weighted by molar-refractivity contribution is 5.57. The van der Waals surface area contributed by atoms with E-state index in [2.05, 4.69) is 0 Å². The highest BCUT2D eigenvalue weighted by Gasteiger charge is 2.26. The molecule has 0 aliphatic heterocycles. The number of nitrogen functional groups attached to an aromatic ring is 1. The molecular weight excluding hydrogens is 338 g/mol. The first-order chi connectivity index (χ1) is 13.1. The summed E-state index contributed by atoms with van der Waals surface area (Å²) in [4.78, 5) is 0. The van der Waals surface area contributed by atoms with Crippen molar-refractivity contribution in [2.24, 2.45) is 0 Å². The van der Waals surface area contributed by atoms with Gasteiger partial charge in [0.05, 0.1) is 0 Å². The maximum absolute atomic E-state index is 6.33. The van der Waals surface area contributed by atoms with Crippen molar-refractivity contribution < 1.29 is 13.6 Å². The van der Waals surface area contributed by atoms with E-state index in [4.69, 9.17) is 19.3 Å². The number of anilines is 1. The molecule has 2 N–H and O–H groups in total. The Kier molecular flexibility index (Phi) is 4.47. The highest BCUT2D eigenvalue weighted by atomic mass is 16.5. The third-order valence-corrected chi connectivity index (χ3v) is 4.44. The average molecular weight is 359 g/mol. The van der Waals surface area contributed by atoms with Crippen molar-refractivity contribution >= 4 is 5.69 Å². The Morgan fingerprint density at radius 2 is 1.37 bits per heavy atom. The third-order valence-electron chi connectivity index (χ3n) is 4.44. The second kappa shape index (κ2) is 7.08. The van der Waals surface area contributed by atoms with E-state index in [1.807, 2.05) is 86.6 Å². The monoisotopic (exact) mass is 359 g/mol. The van der Waals surface area contributed by atoms with Gasteiger partial charge >= 0.3 is 0 Å². The number of para-hydroxylation sites is 1. The molecule has 4 heteroatoms. The SMILES string of the molecule is Cc1ccc(C(c2ccc(C)o2)c2cc(Oc3ccccc3)ccc2N)o1. The van der Waals surface area contributed by atoms with E-state index in [1.165, 1.54) is 0 Å². The molecule has 0 radical (unpaired) electrons. The van der Waals surface area contributed by atoms with Crippen LogP contribution in [0.15, 0.2) is 81.6 Å². The molecule has 4 nitrogen and oxygen atoms in total. The topological polar surface area (TPSA) is 61.5 Å². The maximum atomic E-state index is 6.33. The summed E-state index contributed by atoms with van der Waals surface area (Å²) in [6.07, 6.45) is 0. The summed E-state index contributed by atoms with van der Waals surface area (Å²) in [5, 5.41) is 0. The fourth-order valence-electron chi connectivity index (χ4n) is 3.15. The van der Waals surface area contributed by atoms with Crippen LogP contribution in [0, 0.1) is 13.8 Å². The van der Waals surface area contributed by atoms with Gasteiger partial charge in [-0.15, -0.1) is 0 Å². The van der Waals surface area contributed by atoms with E-state index in [9.17, 15) is 0 Å². The fourth-order valence-corrected chi connectivity index (χ4v) is 3.15. The zero-order valence-corrected chi connectivity index (χ0v) is 15.3. The summed E-state index contributed by atoms with van der Waals surface area (Å²) < 4.78 is 17.8. The molecule has 0 amide bonds. The third kappa shape index (κ3) is 3.60. The molecule has 0 aliphatic carbocycles. The minimum absolute atomic E-state index is 0.244. The number of rotatable bonds is 5. The molecule has 0 atom stereocenters. The van der Waals surface area contributed by atoms with Crippen molar-refractivity contribution in [1.29, 1.82) is 0 Å². The molecule has 0 bridgehead atoms. The predicted octanol–water partition coefficient (Wildman–Crippen LogP) is 6.04. The van der Waals surface area contributed by atoms with Crippen LogP contribution in [-0.2, 0) is 0 Å². The second-order valence-corrected chi connectivity index (χ2v) is 6.54. The summed E-state index contributed by atoms with van der Waals surface area (Å²) in [7, 11) is 0. The Morgan fingerprint density at radius 3 is 1.93 bits per heavy atom. The molecule has 4 aromatic rings. The van der Waals surface area contributed by atoms with Crippen LogP contribution in [0.25, 0.3) is 0 Å². The Hall–Kier alpha value is -3.40. The number of hydrogen-bond donors (Lipinski definition) is 1. The van der Waals surface area contributed by atoms with E-state index < -0.39 is 0 Å². The zero-order valence-electron chi connectivity index (χ0n) is 15.3. The molecule has 2 heterocycles. The first-order valence-electron chi connectivity index (χ1n) is 8.85. The molecule has 0 fully saturated rings. The molecule has 27 heavy (non-hydrogen) atoms. The molecule has 136 valence electrons. The minimum Gasteiger partial charge on any atom is -0.465 e. The number of ether oxygens (including phenoxy) is 1. The van der Waals surface area contributed by atoms with Gasteiger partial charge in [-0.2, -0.15) is 0 Å². The fraction of sp³-hybridized carbons (Fsp3) is 0.130. The molecule has 2 aromatic carbocycles. The van der Waals surface area contributed by atoms with Crippen LogP contribution in [0.3, 0.4) is 0 Å². The van der Waals surface area contributed by atoms with Crippen molar-refractivity contribution in [3.05, 3.63) is 101 Å². The number of nitrogens with two attached hydrogens (primary N) is 1. The Labute approximate surface area is 158 Å². The lowest BCUT2D eigenvalue weighted by Crippen LogP contribution is -2.05. The number of benzene rings is 2. The molecule has 0 saturated heterocycles. The van der Waals surface area contributed by atoms with Crippen molar-refractivity contribution in [1.82, 2.24) is 0 Å². The van der Waals surface area contributed by atoms with Crippen LogP contribution in [0.2, 0.25) is 0 Å². The van der Waals surface area contributed by atoms with Crippen LogP contribution in [-0.4, -0.2) is 0 Å². The molecule has 2 aromatic heterocycles. The molecule has 0 unspecified atom stereocenters. The van der Waals surface area contributed by atoms with Crippen molar-refractivity contribution in [3.63, 3.8) is 0 Å². The first-order valence-corrected chi connectivity index (χ1v) is 8.85. The molecular formula is C23H21NO3. The van der Waals surface area contributed by atoms with E-state index in [1.54, 1.807) is 0 Å². The van der Waals surface area contributed by atoms with Crippen molar-refractivity contribution in [3.8, 4) is 11.5 Å². The standard InChI is InChI=1S/C23H21NO3/c1-15-8-12-21(25-15)23(22-13-9-16(2)26-22)19-14-18(10-11-20(19)24)27-17-6-4-3-5-7-17/h3-14,23H,24H2,1-2H3. The van der Waals surface area contributed by atoms with Crippen LogP contribution in [0.1, 0.15) is 34.5 Å². The van der Waals surface area contributed by atoms with Crippen molar-refractivity contribution in [2.45, 2.75) is 19.8 Å². The Morgan fingerprint density at radius 1 is 0.741 bits per heavy atom. The summed E-state index contributed by atoms with van der Waals surface area (Å²) in [5.74, 6) is 4.49. The van der Waals surface area contributed by atoms with Gasteiger partial charge in [0.2, 0.25) is 0 Å². The first kappa shape index (κ1) is 17.0. The predicted molar refractivity (Wildman–Crippen MR) is 105 cm³/mol. The Balaban J connectivity index is 1.78. The van der Waals surface area contributed by atoms with Gasteiger partial charge in [0.25, 0.3) is 0 Å². The van der Waals surface area contributed by atoms with Crippen LogP contribution in [0.5, 0.6) is 11.5 Å². The van der Waals surface area contributed by atoms with Gasteiger partial charge in [-0.25, -0.2) is 0 Å². The molecule has 0 aliphatic rings. The normalized spacial score (nSPS) is 11.1. The van der Waals surface area contributed by atoms with Crippen LogP contribution in [0.4, 0.5) is 5.69 Å². The highest BCUT2D eigenvalue weighted by Crippen LogP contribution is 2.39. The molecule has 0 saturated carbocycles. The maximum Gasteiger partial charge on any atom is 0.127 e. The average Bonchev–Trinajstić information content (AvgIpc) is 3.28. The van der Waals surface area contributed by atoms with Gasteiger partial charge in [-0.05, 0) is 74.0 Å². The van der Waals surface area contributed by atoms with E-state index in [0.717, 1.165) is 34.4 Å². The summed E-state index contributed by atoms with van der Waals surface area (Å²) in [6, 6.07) is 23.1. The number of hydrogen-bond acceptors (Lipinski definition) is 4. The Bertz CT molecular complexity index is 1010. The van der Waals surface area contributed by atoms with Crippen LogP contribution >= 0.6 is 0 Å². The van der Waals surface area contributed by atoms with Gasteiger partial charge < -0.3 is 19.3 Å². The quantitative estimate of drug-likeness (QED) is 0.441. The molecule has 0 spiro atoms. The van der Waals surface area contributed by atoms with Gasteiger partial charge in [0, 0.05) is 5.69 Å². The lowest BCUT2D eigenvalue weighted by atomic mass is 9.92. The summed E-state index contributed by atoms with van der Waals surface area (Å²) in [5.41, 5.74) is 7.87. The van der Waals surface area contributed by atoms with Crippen molar-refractivity contribution in [2.75, 3.05) is 5.73 Å². The molecule has 4 rings (SSSR count). The number of aryl methyl sites for hydroxylation is 2. The minimum atomic E-state index is -0.244. The second-order valence-electron chi connectivity index (χ2n) is 6.54. The lowest BCUT2D eigenvalue weighted by Gasteiger charge is -2.17. The van der Waals surface area contributed by atoms with Gasteiger partial charge in [0.1, 0.15) is 40.5 Å². The summed E-state index contributed by atoms with van der Waals surface area (Å²) >= 11 is 0. The number of furan rings is 2. The van der Waals surface area contributed by atoms with Gasteiger partial charge in [-0.3, -0.25) is 0 Å².